The number of hydrogen-bond acceptors (Lipinski definition) is 2. The lowest BCUT2D eigenvalue weighted by Crippen LogP contribution is -2.33. The highest BCUT2D eigenvalue weighted by Gasteiger charge is 2.40. The number of rotatable bonds is 4. The summed E-state index contributed by atoms with van der Waals surface area (Å²) in [4.78, 5) is 22.0. The fourth-order valence-corrected chi connectivity index (χ4v) is 1.91. The van der Waals surface area contributed by atoms with Crippen LogP contribution in [0.25, 0.3) is 0 Å². The van der Waals surface area contributed by atoms with E-state index in [1.165, 1.54) is 12.2 Å². The van der Waals surface area contributed by atoms with Crippen molar-refractivity contribution in [2.75, 3.05) is 6.67 Å². The average Bonchev–Trinajstić information content (AvgIpc) is 2.16. The minimum Gasteiger partial charge on any atom is -0.481 e. The molecule has 16 heavy (non-hydrogen) atoms. The van der Waals surface area contributed by atoms with Crippen LogP contribution in [0.5, 0.6) is 0 Å². The van der Waals surface area contributed by atoms with E-state index < -0.39 is 24.0 Å². The number of halogens is 1. The van der Waals surface area contributed by atoms with Gasteiger partial charge in [-0.3, -0.25) is 9.18 Å². The van der Waals surface area contributed by atoms with Crippen molar-refractivity contribution in [3.8, 4) is 0 Å². The van der Waals surface area contributed by atoms with E-state index in [1.807, 2.05) is 0 Å². The highest BCUT2D eigenvalue weighted by Crippen LogP contribution is 2.37. The smallest absolute Gasteiger partial charge is 0.331 e. The van der Waals surface area contributed by atoms with Gasteiger partial charge < -0.3 is 10.2 Å². The molecular weight excluding hydrogens is 215 g/mol. The SMILES string of the molecule is CC1=CC(CCF)(C(=O)O)CC(C(=O)O)=C1. The molecule has 1 rings (SSSR count). The first-order valence-electron chi connectivity index (χ1n) is 4.84. The van der Waals surface area contributed by atoms with Crippen LogP contribution < -0.4 is 0 Å². The molecular formula is C11H13FO4. The standard InChI is InChI=1S/C11H13FO4/c1-7-4-8(9(13)14)6-11(5-7,2-3-12)10(15)16/h4-5H,2-3,6H2,1H3,(H,13,14)(H,15,16). The topological polar surface area (TPSA) is 74.6 Å². The predicted molar refractivity (Wildman–Crippen MR) is 54.8 cm³/mol. The number of hydrogen-bond donors (Lipinski definition) is 2. The van der Waals surface area contributed by atoms with Gasteiger partial charge in [-0.2, -0.15) is 0 Å². The van der Waals surface area contributed by atoms with Crippen LogP contribution in [0.2, 0.25) is 0 Å². The summed E-state index contributed by atoms with van der Waals surface area (Å²) < 4.78 is 12.4. The van der Waals surface area contributed by atoms with Gasteiger partial charge in [0.2, 0.25) is 0 Å². The van der Waals surface area contributed by atoms with Gasteiger partial charge >= 0.3 is 11.9 Å². The van der Waals surface area contributed by atoms with Crippen molar-refractivity contribution in [2.45, 2.75) is 19.8 Å². The van der Waals surface area contributed by atoms with Crippen molar-refractivity contribution in [3.63, 3.8) is 0 Å². The molecule has 0 bridgehead atoms. The van der Waals surface area contributed by atoms with Gasteiger partial charge in [-0.15, -0.1) is 0 Å². The molecule has 0 heterocycles. The maximum atomic E-state index is 12.4. The van der Waals surface area contributed by atoms with E-state index in [0.717, 1.165) is 0 Å². The van der Waals surface area contributed by atoms with Crippen LogP contribution >= 0.6 is 0 Å². The Morgan fingerprint density at radius 2 is 2.12 bits per heavy atom. The van der Waals surface area contributed by atoms with E-state index in [9.17, 15) is 14.0 Å². The Balaban J connectivity index is 3.12. The third kappa shape index (κ3) is 2.29. The third-order valence-corrected chi connectivity index (χ3v) is 2.65. The zero-order chi connectivity index (χ0) is 12.3. The molecule has 88 valence electrons. The van der Waals surface area contributed by atoms with Crippen LogP contribution in [0.15, 0.2) is 23.3 Å². The van der Waals surface area contributed by atoms with E-state index in [0.29, 0.717) is 5.57 Å². The molecule has 0 fully saturated rings. The molecule has 0 saturated heterocycles. The lowest BCUT2D eigenvalue weighted by atomic mass is 9.74. The van der Waals surface area contributed by atoms with E-state index in [1.54, 1.807) is 6.92 Å². The van der Waals surface area contributed by atoms with Gasteiger partial charge in [0.1, 0.15) is 0 Å². The van der Waals surface area contributed by atoms with Gasteiger partial charge in [0.05, 0.1) is 12.1 Å². The number of allylic oxidation sites excluding steroid dienone is 2. The summed E-state index contributed by atoms with van der Waals surface area (Å²) in [5, 5.41) is 18.0. The molecule has 0 aromatic heterocycles. The van der Waals surface area contributed by atoms with Crippen LogP contribution in [0.4, 0.5) is 4.39 Å². The summed E-state index contributed by atoms with van der Waals surface area (Å²) in [5.41, 5.74) is -0.864. The number of aliphatic carboxylic acids is 2. The van der Waals surface area contributed by atoms with Crippen LogP contribution in [0.1, 0.15) is 19.8 Å². The first-order valence-corrected chi connectivity index (χ1v) is 4.84. The van der Waals surface area contributed by atoms with Gasteiger partial charge in [-0.1, -0.05) is 11.6 Å². The van der Waals surface area contributed by atoms with Crippen LogP contribution in [-0.2, 0) is 9.59 Å². The van der Waals surface area contributed by atoms with E-state index in [2.05, 4.69) is 0 Å². The maximum absolute atomic E-state index is 12.4. The number of carbonyl (C=O) groups is 2. The van der Waals surface area contributed by atoms with Crippen LogP contribution in [-0.4, -0.2) is 28.8 Å². The molecule has 2 N–H and O–H groups in total. The molecule has 0 amide bonds. The minimum atomic E-state index is -1.42. The normalized spacial score (nSPS) is 24.6. The quantitative estimate of drug-likeness (QED) is 0.769. The second-order valence-electron chi connectivity index (χ2n) is 3.94. The lowest BCUT2D eigenvalue weighted by Gasteiger charge is -2.28. The Labute approximate surface area is 92.1 Å². The lowest BCUT2D eigenvalue weighted by molar-refractivity contribution is -0.146. The highest BCUT2D eigenvalue weighted by atomic mass is 19.1. The molecule has 0 spiro atoms. The van der Waals surface area contributed by atoms with E-state index >= 15 is 0 Å². The zero-order valence-corrected chi connectivity index (χ0v) is 8.86. The summed E-state index contributed by atoms with van der Waals surface area (Å²) in [6.45, 7) is 0.820. The summed E-state index contributed by atoms with van der Waals surface area (Å²) >= 11 is 0. The number of alkyl halides is 1. The molecule has 0 saturated carbocycles. The molecule has 0 aromatic carbocycles. The Morgan fingerprint density at radius 1 is 1.50 bits per heavy atom. The number of carboxylic acids is 2. The Hall–Kier alpha value is -1.65. The van der Waals surface area contributed by atoms with Gasteiger partial charge in [-0.05, 0) is 25.8 Å². The first-order chi connectivity index (χ1) is 7.41. The van der Waals surface area contributed by atoms with Crippen molar-refractivity contribution < 1.29 is 24.2 Å². The number of carboxylic acid groups (broad SMARTS) is 2. The molecule has 4 nitrogen and oxygen atoms in total. The minimum absolute atomic E-state index is 0.0100. The van der Waals surface area contributed by atoms with Crippen molar-refractivity contribution >= 4 is 11.9 Å². The van der Waals surface area contributed by atoms with Crippen molar-refractivity contribution in [2.24, 2.45) is 5.41 Å². The first kappa shape index (κ1) is 12.4. The molecule has 1 atom stereocenters. The summed E-state index contributed by atoms with van der Waals surface area (Å²) in [6.07, 6.45) is 2.48. The van der Waals surface area contributed by atoms with Gasteiger partial charge in [0, 0.05) is 5.57 Å². The fourth-order valence-electron chi connectivity index (χ4n) is 1.91. The molecule has 5 heteroatoms. The van der Waals surface area contributed by atoms with Crippen molar-refractivity contribution in [1.29, 1.82) is 0 Å². The third-order valence-electron chi connectivity index (χ3n) is 2.65. The molecule has 1 unspecified atom stereocenters. The van der Waals surface area contributed by atoms with Crippen LogP contribution in [0.3, 0.4) is 0 Å². The monoisotopic (exact) mass is 228 g/mol. The molecule has 0 aliphatic heterocycles. The van der Waals surface area contributed by atoms with Gasteiger partial charge in [0.15, 0.2) is 0 Å². The zero-order valence-electron chi connectivity index (χ0n) is 8.86. The van der Waals surface area contributed by atoms with Gasteiger partial charge in [-0.25, -0.2) is 4.79 Å². The van der Waals surface area contributed by atoms with E-state index in [-0.39, 0.29) is 18.4 Å². The molecule has 0 radical (unpaired) electrons. The Kier molecular flexibility index (Phi) is 3.47. The summed E-state index contributed by atoms with van der Waals surface area (Å²) in [6, 6.07) is 0. The average molecular weight is 228 g/mol. The summed E-state index contributed by atoms with van der Waals surface area (Å²) in [5.74, 6) is -2.34. The van der Waals surface area contributed by atoms with Crippen LogP contribution in [0, 0.1) is 5.41 Å². The Morgan fingerprint density at radius 3 is 2.56 bits per heavy atom. The molecule has 1 aliphatic carbocycles. The van der Waals surface area contributed by atoms with Crippen molar-refractivity contribution in [3.05, 3.63) is 23.3 Å². The highest BCUT2D eigenvalue weighted by molar-refractivity contribution is 5.90. The maximum Gasteiger partial charge on any atom is 0.331 e. The second-order valence-corrected chi connectivity index (χ2v) is 3.94. The second kappa shape index (κ2) is 4.47. The predicted octanol–water partition coefficient (Wildman–Crippen LogP) is 1.78. The molecule has 1 aliphatic rings. The Bertz CT molecular complexity index is 383. The van der Waals surface area contributed by atoms with E-state index in [4.69, 9.17) is 10.2 Å². The van der Waals surface area contributed by atoms with Crippen molar-refractivity contribution in [1.82, 2.24) is 0 Å². The summed E-state index contributed by atoms with van der Waals surface area (Å²) in [7, 11) is 0. The van der Waals surface area contributed by atoms with Gasteiger partial charge in [0.25, 0.3) is 0 Å². The molecule has 0 aromatic rings. The largest absolute Gasteiger partial charge is 0.481 e. The fraction of sp³-hybridized carbons (Fsp3) is 0.455.